The Bertz CT molecular complexity index is 1400. The van der Waals surface area contributed by atoms with Crippen LogP contribution in [0.2, 0.25) is 0 Å². The van der Waals surface area contributed by atoms with Gasteiger partial charge in [0.15, 0.2) is 0 Å². The molecule has 13 heteroatoms. The third-order valence-electron chi connectivity index (χ3n) is 10.1. The second kappa shape index (κ2) is 15.6. The third-order valence-corrected chi connectivity index (χ3v) is 10.7. The zero-order chi connectivity index (χ0) is 33.7. The summed E-state index contributed by atoms with van der Waals surface area (Å²) in [7, 11) is 0. The van der Waals surface area contributed by atoms with Crippen molar-refractivity contribution >= 4 is 39.6 Å². The van der Waals surface area contributed by atoms with Gasteiger partial charge < -0.3 is 34.4 Å². The molecule has 0 unspecified atom stereocenters. The number of likely N-dealkylation sites (tertiary alicyclic amines) is 1. The highest BCUT2D eigenvalue weighted by Crippen LogP contribution is 2.58. The highest BCUT2D eigenvalue weighted by atomic mass is 79.9. The van der Waals surface area contributed by atoms with Gasteiger partial charge in [-0.15, -0.1) is 0 Å². The Morgan fingerprint density at radius 1 is 0.958 bits per heavy atom. The van der Waals surface area contributed by atoms with Crippen molar-refractivity contribution in [2.75, 3.05) is 65.7 Å². The average Bonchev–Trinajstić information content (AvgIpc) is 3.69. The predicted molar refractivity (Wildman–Crippen MR) is 179 cm³/mol. The van der Waals surface area contributed by atoms with Crippen molar-refractivity contribution in [1.82, 2.24) is 20.0 Å². The second-order valence-corrected chi connectivity index (χ2v) is 14.0. The molecule has 2 N–H and O–H groups in total. The molecular weight excluding hydrogens is 684 g/mol. The van der Waals surface area contributed by atoms with Gasteiger partial charge in [-0.1, -0.05) is 58.4 Å². The maximum atomic E-state index is 14.8. The van der Waals surface area contributed by atoms with Gasteiger partial charge in [0.1, 0.15) is 24.4 Å². The molecule has 0 radical (unpaired) electrons. The van der Waals surface area contributed by atoms with E-state index in [4.69, 9.17) is 14.2 Å². The molecule has 1 spiro atoms. The van der Waals surface area contributed by atoms with E-state index in [1.807, 2.05) is 48.6 Å². The zero-order valence-electron chi connectivity index (χ0n) is 27.1. The number of nitrogens with zero attached hydrogens (tertiary/aromatic N) is 3. The van der Waals surface area contributed by atoms with E-state index in [0.717, 1.165) is 18.7 Å². The number of aliphatic hydroxyl groups excluding tert-OH is 1. The van der Waals surface area contributed by atoms with E-state index in [1.165, 1.54) is 0 Å². The van der Waals surface area contributed by atoms with E-state index in [1.54, 1.807) is 9.80 Å². The highest BCUT2D eigenvalue weighted by molar-refractivity contribution is 9.11. The maximum absolute atomic E-state index is 14.8. The van der Waals surface area contributed by atoms with E-state index >= 15 is 0 Å². The van der Waals surface area contributed by atoms with Gasteiger partial charge in [-0.25, -0.2) is 0 Å². The number of unbranched alkanes of at least 4 members (excludes halogenated alkanes) is 2. The first-order valence-corrected chi connectivity index (χ1v) is 17.9. The van der Waals surface area contributed by atoms with E-state index in [2.05, 4.69) is 26.1 Å². The van der Waals surface area contributed by atoms with Crippen LogP contribution in [0.5, 0.6) is 0 Å². The Labute approximate surface area is 289 Å². The first kappa shape index (κ1) is 34.8. The highest BCUT2D eigenvalue weighted by Gasteiger charge is 2.74. The number of morpholine rings is 1. The fourth-order valence-corrected chi connectivity index (χ4v) is 8.34. The topological polar surface area (TPSA) is 138 Å². The van der Waals surface area contributed by atoms with Crippen molar-refractivity contribution in [3.05, 3.63) is 58.6 Å². The SMILES string of the molecule is O=C1CC/C=C\CN(CCN2CCOCC2)C(=O)[C@H]2N(CCCCCO)C(=O)[C@@H]3[C@@H](C(=O)N[C@@H](c4ccccc4)CO1)[C@@H]1O[C@@]32C=C1Br. The Hall–Kier alpha value is -3.10. The summed E-state index contributed by atoms with van der Waals surface area (Å²) in [5, 5.41) is 12.4. The van der Waals surface area contributed by atoms with Crippen LogP contribution in [0.4, 0.5) is 0 Å². The van der Waals surface area contributed by atoms with Crippen LogP contribution < -0.4 is 5.32 Å². The normalized spacial score (nSPS) is 32.2. The van der Waals surface area contributed by atoms with Crippen LogP contribution >= 0.6 is 15.9 Å². The summed E-state index contributed by atoms with van der Waals surface area (Å²) in [6.45, 7) is 4.44. The van der Waals surface area contributed by atoms with Crippen LogP contribution in [0, 0.1) is 11.8 Å². The molecule has 1 aromatic carbocycles. The van der Waals surface area contributed by atoms with E-state index < -0.39 is 47.5 Å². The monoisotopic (exact) mass is 728 g/mol. The largest absolute Gasteiger partial charge is 0.463 e. The summed E-state index contributed by atoms with van der Waals surface area (Å²) in [6, 6.07) is 7.66. The molecule has 0 aliphatic carbocycles. The van der Waals surface area contributed by atoms with Gasteiger partial charge in [-0.2, -0.15) is 0 Å². The van der Waals surface area contributed by atoms with Crippen molar-refractivity contribution in [3.8, 4) is 0 Å². The number of fused-ring (bicyclic) bond motifs is 2. The number of allylic oxidation sites excluding steroid dienone is 1. The molecule has 0 saturated carbocycles. The minimum absolute atomic E-state index is 0.0468. The number of hydrogen-bond acceptors (Lipinski definition) is 9. The van der Waals surface area contributed by atoms with Crippen LogP contribution in [-0.4, -0.2) is 127 Å². The molecule has 12 nitrogen and oxygen atoms in total. The van der Waals surface area contributed by atoms with Gasteiger partial charge in [-0.05, 0) is 37.3 Å². The molecule has 6 rings (SSSR count). The molecule has 3 saturated heterocycles. The van der Waals surface area contributed by atoms with E-state index in [9.17, 15) is 24.3 Å². The Morgan fingerprint density at radius 2 is 1.75 bits per heavy atom. The molecule has 260 valence electrons. The minimum atomic E-state index is -1.33. The number of carbonyl (C=O) groups excluding carboxylic acids is 4. The lowest BCUT2D eigenvalue weighted by Crippen LogP contribution is -2.57. The number of amides is 3. The molecule has 5 heterocycles. The Balaban J connectivity index is 1.36. The summed E-state index contributed by atoms with van der Waals surface area (Å²) < 4.78 is 18.4. The maximum Gasteiger partial charge on any atom is 0.306 e. The number of nitrogens with one attached hydrogen (secondary N) is 1. The Kier molecular flexibility index (Phi) is 11.3. The van der Waals surface area contributed by atoms with Crippen LogP contribution in [-0.2, 0) is 33.4 Å². The van der Waals surface area contributed by atoms with Crippen molar-refractivity contribution in [1.29, 1.82) is 0 Å². The van der Waals surface area contributed by atoms with Crippen LogP contribution in [0.25, 0.3) is 0 Å². The molecule has 1 aromatic rings. The van der Waals surface area contributed by atoms with Crippen LogP contribution in [0.15, 0.2) is 53.0 Å². The van der Waals surface area contributed by atoms with Gasteiger partial charge in [0, 0.05) is 56.8 Å². The van der Waals surface area contributed by atoms with Crippen LogP contribution in [0.3, 0.4) is 0 Å². The quantitative estimate of drug-likeness (QED) is 0.222. The van der Waals surface area contributed by atoms with Crippen molar-refractivity contribution in [2.45, 2.75) is 55.9 Å². The standard InChI is InChI=1S/C35H45BrN4O8/c36-25-22-35-29-28(30(25)48-35)32(43)37-26(24-10-4-1-5-11-24)23-47-27(42)12-6-2-7-13-39(16-15-38-17-20-46-21-18-38)34(45)31(35)40(33(29)44)14-8-3-9-19-41/h1-2,4-5,7,10-11,22,26,28-31,41H,3,6,8-9,12-21,23H2,(H,37,43)/b7-2-/t26-,28-,29+,30-,31-,35+/m1/s1. The van der Waals surface area contributed by atoms with Crippen molar-refractivity contribution in [3.63, 3.8) is 0 Å². The number of ether oxygens (including phenoxy) is 3. The Morgan fingerprint density at radius 3 is 2.52 bits per heavy atom. The number of hydrogen-bond donors (Lipinski definition) is 2. The fraction of sp³-hybridized carbons (Fsp3) is 0.600. The minimum Gasteiger partial charge on any atom is -0.463 e. The van der Waals surface area contributed by atoms with Gasteiger partial charge in [-0.3, -0.25) is 24.1 Å². The number of benzene rings is 1. The summed E-state index contributed by atoms with van der Waals surface area (Å²) in [5.74, 6) is -3.15. The molecule has 3 fully saturated rings. The summed E-state index contributed by atoms with van der Waals surface area (Å²) in [4.78, 5) is 62.0. The fourth-order valence-electron chi connectivity index (χ4n) is 7.60. The lowest BCUT2D eigenvalue weighted by molar-refractivity contribution is -0.148. The number of halogens is 1. The molecule has 5 bridgehead atoms. The van der Waals surface area contributed by atoms with Crippen LogP contribution in [0.1, 0.15) is 43.7 Å². The van der Waals surface area contributed by atoms with Gasteiger partial charge in [0.25, 0.3) is 0 Å². The van der Waals surface area contributed by atoms with Crippen molar-refractivity contribution in [2.24, 2.45) is 11.8 Å². The second-order valence-electron chi connectivity index (χ2n) is 13.0. The molecule has 6 atom stereocenters. The number of cyclic esters (lactones) is 1. The summed E-state index contributed by atoms with van der Waals surface area (Å²) in [6.07, 6.45) is 7.32. The molecule has 5 aliphatic rings. The molecule has 48 heavy (non-hydrogen) atoms. The van der Waals surface area contributed by atoms with Gasteiger partial charge >= 0.3 is 5.97 Å². The lowest BCUT2D eigenvalue weighted by Gasteiger charge is -2.37. The summed E-state index contributed by atoms with van der Waals surface area (Å²) >= 11 is 3.63. The third kappa shape index (κ3) is 7.11. The molecule has 5 aliphatic heterocycles. The van der Waals surface area contributed by atoms with Crippen molar-refractivity contribution < 1.29 is 38.5 Å². The first-order valence-electron chi connectivity index (χ1n) is 17.1. The van der Waals surface area contributed by atoms with Gasteiger partial charge in [0.2, 0.25) is 17.7 Å². The number of aliphatic hydroxyl groups is 1. The predicted octanol–water partition coefficient (Wildman–Crippen LogP) is 1.93. The summed E-state index contributed by atoms with van der Waals surface area (Å²) in [5.41, 5.74) is -0.572. The number of rotatable bonds is 9. The number of esters is 1. The van der Waals surface area contributed by atoms with Gasteiger partial charge in [0.05, 0.1) is 31.1 Å². The van der Waals surface area contributed by atoms with E-state index in [-0.39, 0.29) is 38.0 Å². The number of carbonyl (C=O) groups is 4. The molecular formula is C35H45BrN4O8. The average molecular weight is 730 g/mol. The smallest absolute Gasteiger partial charge is 0.306 e. The lowest BCUT2D eigenvalue weighted by atomic mass is 9.74. The molecule has 3 amide bonds. The molecule has 0 aromatic heterocycles. The van der Waals surface area contributed by atoms with E-state index in [0.29, 0.717) is 63.0 Å². The first-order chi connectivity index (χ1) is 23.3. The zero-order valence-corrected chi connectivity index (χ0v) is 28.7.